The maximum atomic E-state index is 13.0. The van der Waals surface area contributed by atoms with Crippen molar-refractivity contribution in [3.63, 3.8) is 0 Å². The van der Waals surface area contributed by atoms with Gasteiger partial charge in [0.1, 0.15) is 10.8 Å². The van der Waals surface area contributed by atoms with Gasteiger partial charge in [-0.2, -0.15) is 0 Å². The Hall–Kier alpha value is -2.35. The molecule has 1 fully saturated rings. The lowest BCUT2D eigenvalue weighted by molar-refractivity contribution is -0.121. The summed E-state index contributed by atoms with van der Waals surface area (Å²) in [7, 11) is 0. The van der Waals surface area contributed by atoms with Gasteiger partial charge in [0.25, 0.3) is 5.91 Å². The van der Waals surface area contributed by atoms with Crippen LogP contribution in [0.3, 0.4) is 0 Å². The number of nitrogens with zero attached hydrogens (tertiary/aromatic N) is 3. The molecule has 26 heavy (non-hydrogen) atoms. The summed E-state index contributed by atoms with van der Waals surface area (Å²) in [5.41, 5.74) is 0.431. The van der Waals surface area contributed by atoms with Crippen molar-refractivity contribution in [1.29, 1.82) is 0 Å². The van der Waals surface area contributed by atoms with Gasteiger partial charge >= 0.3 is 0 Å². The third kappa shape index (κ3) is 4.43. The zero-order valence-corrected chi connectivity index (χ0v) is 15.4. The molecular weight excluding hydrogens is 355 g/mol. The second-order valence-electron chi connectivity index (χ2n) is 6.34. The van der Waals surface area contributed by atoms with Gasteiger partial charge in [0.05, 0.1) is 5.92 Å². The van der Waals surface area contributed by atoms with E-state index in [1.165, 1.54) is 35.6 Å². The van der Waals surface area contributed by atoms with E-state index < -0.39 is 0 Å². The first-order valence-electron chi connectivity index (χ1n) is 8.75. The molecule has 1 aromatic carbocycles. The van der Waals surface area contributed by atoms with Crippen LogP contribution in [0.2, 0.25) is 0 Å². The molecule has 0 unspecified atom stereocenters. The summed E-state index contributed by atoms with van der Waals surface area (Å²) < 4.78 is 13.0. The molecule has 1 saturated heterocycles. The minimum absolute atomic E-state index is 0.138. The first kappa shape index (κ1) is 18.4. The Kier molecular flexibility index (Phi) is 5.92. The van der Waals surface area contributed by atoms with Crippen molar-refractivity contribution < 1.29 is 14.0 Å². The molecule has 2 heterocycles. The highest BCUT2D eigenvalue weighted by Gasteiger charge is 2.29. The lowest BCUT2D eigenvalue weighted by Crippen LogP contribution is -2.43. The Balaban J connectivity index is 1.60. The number of amides is 2. The molecule has 1 N–H and O–H groups in total. The number of benzene rings is 1. The van der Waals surface area contributed by atoms with Gasteiger partial charge in [-0.25, -0.2) is 4.39 Å². The van der Waals surface area contributed by atoms with Crippen molar-refractivity contribution in [3.8, 4) is 0 Å². The van der Waals surface area contributed by atoms with Crippen LogP contribution in [0.25, 0.3) is 0 Å². The fraction of sp³-hybridized carbons (Fsp3) is 0.444. The van der Waals surface area contributed by atoms with Crippen molar-refractivity contribution in [2.24, 2.45) is 5.92 Å². The van der Waals surface area contributed by atoms with Gasteiger partial charge in [0.2, 0.25) is 11.0 Å². The molecule has 1 aliphatic heterocycles. The highest BCUT2D eigenvalue weighted by atomic mass is 32.1. The van der Waals surface area contributed by atoms with E-state index in [4.69, 9.17) is 0 Å². The molecule has 2 aromatic rings. The number of hydrogen-bond donors (Lipinski definition) is 1. The zero-order valence-electron chi connectivity index (χ0n) is 14.6. The summed E-state index contributed by atoms with van der Waals surface area (Å²) in [4.78, 5) is 26.7. The largest absolute Gasteiger partial charge is 0.338 e. The number of aromatic nitrogens is 2. The van der Waals surface area contributed by atoms with Crippen LogP contribution in [0.4, 0.5) is 9.52 Å². The van der Waals surface area contributed by atoms with E-state index in [0.717, 1.165) is 30.7 Å². The van der Waals surface area contributed by atoms with E-state index >= 15 is 0 Å². The number of hydrogen-bond acceptors (Lipinski definition) is 5. The molecule has 138 valence electrons. The molecule has 1 aliphatic rings. The fourth-order valence-electron chi connectivity index (χ4n) is 2.98. The molecule has 1 atom stereocenters. The van der Waals surface area contributed by atoms with Crippen molar-refractivity contribution in [1.82, 2.24) is 15.1 Å². The maximum Gasteiger partial charge on any atom is 0.253 e. The predicted octanol–water partition coefficient (Wildman–Crippen LogP) is 3.12. The molecular formula is C18H21FN4O2S. The minimum Gasteiger partial charge on any atom is -0.338 e. The van der Waals surface area contributed by atoms with Crippen LogP contribution in [-0.2, 0) is 11.2 Å². The van der Waals surface area contributed by atoms with Crippen molar-refractivity contribution in [2.45, 2.75) is 32.6 Å². The van der Waals surface area contributed by atoms with Crippen LogP contribution in [0.15, 0.2) is 24.3 Å². The van der Waals surface area contributed by atoms with E-state index in [0.29, 0.717) is 23.8 Å². The zero-order chi connectivity index (χ0) is 18.5. The van der Waals surface area contributed by atoms with E-state index in [1.807, 2.05) is 0 Å². The molecule has 2 amide bonds. The minimum atomic E-state index is -0.378. The number of nitrogens with one attached hydrogen (secondary N) is 1. The Morgan fingerprint density at radius 3 is 2.81 bits per heavy atom. The third-order valence-electron chi connectivity index (χ3n) is 4.33. The number of anilines is 1. The van der Waals surface area contributed by atoms with Gasteiger partial charge in [0.15, 0.2) is 0 Å². The second-order valence-corrected chi connectivity index (χ2v) is 7.40. The van der Waals surface area contributed by atoms with E-state index in [9.17, 15) is 14.0 Å². The molecule has 8 heteroatoms. The van der Waals surface area contributed by atoms with Crippen LogP contribution in [-0.4, -0.2) is 40.0 Å². The Bertz CT molecular complexity index is 778. The average Bonchev–Trinajstić information content (AvgIpc) is 3.09. The molecule has 0 spiro atoms. The molecule has 0 radical (unpaired) electrons. The smallest absolute Gasteiger partial charge is 0.253 e. The standard InChI is InChI=1S/C18H21FN4O2S/c1-2-4-15-21-22-18(26-15)20-16(24)13-5-3-10-23(11-13)17(25)12-6-8-14(19)9-7-12/h6-9,13H,2-5,10-11H2,1H3,(H,20,22,24)/t13-/m0/s1. The third-order valence-corrected chi connectivity index (χ3v) is 5.23. The number of aryl methyl sites for hydroxylation is 1. The number of rotatable bonds is 5. The first-order chi connectivity index (χ1) is 12.6. The number of likely N-dealkylation sites (tertiary alicyclic amines) is 1. The quantitative estimate of drug-likeness (QED) is 0.870. The summed E-state index contributed by atoms with van der Waals surface area (Å²) in [5, 5.41) is 12.3. The van der Waals surface area contributed by atoms with Crippen LogP contribution in [0.1, 0.15) is 41.6 Å². The lowest BCUT2D eigenvalue weighted by atomic mass is 9.96. The maximum absolute atomic E-state index is 13.0. The molecule has 6 nitrogen and oxygen atoms in total. The predicted molar refractivity (Wildman–Crippen MR) is 97.6 cm³/mol. The van der Waals surface area contributed by atoms with Gasteiger partial charge in [-0.15, -0.1) is 10.2 Å². The normalized spacial score (nSPS) is 17.2. The number of carbonyl (C=O) groups excluding carboxylic acids is 2. The molecule has 1 aromatic heterocycles. The monoisotopic (exact) mass is 376 g/mol. The van der Waals surface area contributed by atoms with E-state index in [2.05, 4.69) is 22.4 Å². The van der Waals surface area contributed by atoms with Crippen LogP contribution >= 0.6 is 11.3 Å². The Morgan fingerprint density at radius 1 is 1.31 bits per heavy atom. The highest BCUT2D eigenvalue weighted by Crippen LogP contribution is 2.22. The van der Waals surface area contributed by atoms with Crippen LogP contribution in [0.5, 0.6) is 0 Å². The summed E-state index contributed by atoms with van der Waals surface area (Å²) in [5.74, 6) is -0.979. The first-order valence-corrected chi connectivity index (χ1v) is 9.56. The van der Waals surface area contributed by atoms with Gasteiger partial charge in [-0.05, 0) is 43.5 Å². The Morgan fingerprint density at radius 2 is 2.08 bits per heavy atom. The number of carbonyl (C=O) groups is 2. The lowest BCUT2D eigenvalue weighted by Gasteiger charge is -2.32. The van der Waals surface area contributed by atoms with Crippen molar-refractivity contribution in [2.75, 3.05) is 18.4 Å². The summed E-state index contributed by atoms with van der Waals surface area (Å²) >= 11 is 1.38. The SMILES string of the molecule is CCCc1nnc(NC(=O)[C@H]2CCCN(C(=O)c3ccc(F)cc3)C2)s1. The topological polar surface area (TPSA) is 75.2 Å². The van der Waals surface area contributed by atoms with Gasteiger partial charge in [-0.1, -0.05) is 18.3 Å². The number of halogens is 1. The molecule has 0 saturated carbocycles. The summed E-state index contributed by atoms with van der Waals surface area (Å²) in [6, 6.07) is 5.48. The summed E-state index contributed by atoms with van der Waals surface area (Å²) in [6.07, 6.45) is 3.30. The van der Waals surface area contributed by atoms with Crippen LogP contribution < -0.4 is 5.32 Å². The van der Waals surface area contributed by atoms with Crippen molar-refractivity contribution in [3.05, 3.63) is 40.7 Å². The van der Waals surface area contributed by atoms with Gasteiger partial charge in [0, 0.05) is 25.1 Å². The molecule has 3 rings (SSSR count). The van der Waals surface area contributed by atoms with E-state index in [1.54, 1.807) is 4.90 Å². The molecule has 0 aliphatic carbocycles. The van der Waals surface area contributed by atoms with Crippen LogP contribution in [0, 0.1) is 11.7 Å². The molecule has 0 bridgehead atoms. The van der Waals surface area contributed by atoms with Crippen molar-refractivity contribution >= 4 is 28.3 Å². The number of piperidine rings is 1. The highest BCUT2D eigenvalue weighted by molar-refractivity contribution is 7.15. The second kappa shape index (κ2) is 8.35. The average molecular weight is 376 g/mol. The summed E-state index contributed by atoms with van der Waals surface area (Å²) in [6.45, 7) is 3.01. The van der Waals surface area contributed by atoms with Gasteiger partial charge in [-0.3, -0.25) is 9.59 Å². The fourth-order valence-corrected chi connectivity index (χ4v) is 3.82. The van der Waals surface area contributed by atoms with E-state index in [-0.39, 0.29) is 23.5 Å². The van der Waals surface area contributed by atoms with Gasteiger partial charge < -0.3 is 10.2 Å². The Labute approximate surface area is 155 Å².